The van der Waals surface area contributed by atoms with Crippen LogP contribution in [0.3, 0.4) is 0 Å². The lowest BCUT2D eigenvalue weighted by atomic mass is 9.86. The minimum Gasteiger partial charge on any atom is -0.491 e. The first-order valence-electron chi connectivity index (χ1n) is 6.84. The zero-order chi connectivity index (χ0) is 14.0. The van der Waals surface area contributed by atoms with Crippen LogP contribution in [0.4, 0.5) is 0 Å². The zero-order valence-corrected chi connectivity index (χ0v) is 11.6. The predicted octanol–water partition coefficient (Wildman–Crippen LogP) is 1.29. The molecule has 108 valence electrons. The molecule has 1 fully saturated rings. The first kappa shape index (κ1) is 13.4. The van der Waals surface area contributed by atoms with E-state index in [2.05, 4.69) is 5.32 Å². The van der Waals surface area contributed by atoms with Crippen molar-refractivity contribution in [3.8, 4) is 5.75 Å². The van der Waals surface area contributed by atoms with Gasteiger partial charge in [-0.25, -0.2) is 0 Å². The number of rotatable bonds is 4. The third kappa shape index (κ3) is 2.27. The minimum absolute atomic E-state index is 0.0119. The highest BCUT2D eigenvalue weighted by Crippen LogP contribution is 2.34. The maximum atomic E-state index is 12.6. The maximum absolute atomic E-state index is 12.6. The second kappa shape index (κ2) is 5.42. The van der Waals surface area contributed by atoms with Crippen LogP contribution in [-0.4, -0.2) is 39.4 Å². The van der Waals surface area contributed by atoms with Crippen LogP contribution in [0.25, 0.3) is 0 Å². The van der Waals surface area contributed by atoms with Gasteiger partial charge in [0.1, 0.15) is 12.4 Å². The maximum Gasteiger partial charge on any atom is 0.231 e. The van der Waals surface area contributed by atoms with Crippen molar-refractivity contribution in [1.29, 1.82) is 0 Å². The largest absolute Gasteiger partial charge is 0.491 e. The third-order valence-electron chi connectivity index (χ3n) is 4.01. The summed E-state index contributed by atoms with van der Waals surface area (Å²) in [5.41, 5.74) is 0.471. The van der Waals surface area contributed by atoms with E-state index in [1.807, 2.05) is 24.3 Å². The molecule has 1 aromatic rings. The Morgan fingerprint density at radius 2 is 2.35 bits per heavy atom. The topological polar surface area (TPSA) is 56.8 Å². The number of hydrogen-bond acceptors (Lipinski definition) is 4. The van der Waals surface area contributed by atoms with Crippen molar-refractivity contribution in [2.45, 2.75) is 12.5 Å². The normalized spacial score (nSPS) is 27.9. The molecule has 2 heterocycles. The van der Waals surface area contributed by atoms with Crippen molar-refractivity contribution in [3.63, 3.8) is 0 Å². The van der Waals surface area contributed by atoms with Crippen LogP contribution in [0.5, 0.6) is 5.75 Å². The molecular weight excluding hydrogens is 258 g/mol. The first-order valence-corrected chi connectivity index (χ1v) is 6.84. The molecule has 1 saturated heterocycles. The lowest BCUT2D eigenvalue weighted by Crippen LogP contribution is -2.46. The Kier molecular flexibility index (Phi) is 3.63. The van der Waals surface area contributed by atoms with E-state index < -0.39 is 5.41 Å². The van der Waals surface area contributed by atoms with Gasteiger partial charge in [-0.15, -0.1) is 0 Å². The van der Waals surface area contributed by atoms with E-state index in [1.165, 1.54) is 0 Å². The van der Waals surface area contributed by atoms with Crippen LogP contribution in [-0.2, 0) is 14.3 Å². The van der Waals surface area contributed by atoms with Crippen molar-refractivity contribution >= 4 is 5.91 Å². The summed E-state index contributed by atoms with van der Waals surface area (Å²) in [6.45, 7) is 1.89. The molecule has 5 heteroatoms. The van der Waals surface area contributed by atoms with E-state index in [0.29, 0.717) is 32.8 Å². The van der Waals surface area contributed by atoms with E-state index in [1.54, 1.807) is 7.11 Å². The predicted molar refractivity (Wildman–Crippen MR) is 72.6 cm³/mol. The van der Waals surface area contributed by atoms with Gasteiger partial charge in [-0.1, -0.05) is 18.2 Å². The molecule has 0 unspecified atom stereocenters. The Balaban J connectivity index is 1.73. The van der Waals surface area contributed by atoms with Crippen LogP contribution in [0.2, 0.25) is 0 Å². The molecule has 0 radical (unpaired) electrons. The molecule has 0 spiro atoms. The fraction of sp³-hybridized carbons (Fsp3) is 0.533. The molecule has 0 bridgehead atoms. The van der Waals surface area contributed by atoms with Crippen LogP contribution < -0.4 is 10.1 Å². The average molecular weight is 277 g/mol. The van der Waals surface area contributed by atoms with Gasteiger partial charge in [0, 0.05) is 19.3 Å². The molecule has 2 atom stereocenters. The molecule has 2 aliphatic heterocycles. The van der Waals surface area contributed by atoms with Crippen LogP contribution >= 0.6 is 0 Å². The molecule has 1 N–H and O–H groups in total. The van der Waals surface area contributed by atoms with Crippen molar-refractivity contribution in [3.05, 3.63) is 29.8 Å². The molecule has 5 nitrogen and oxygen atoms in total. The average Bonchev–Trinajstić information content (AvgIpc) is 3.08. The van der Waals surface area contributed by atoms with Gasteiger partial charge in [0.05, 0.1) is 24.7 Å². The smallest absolute Gasteiger partial charge is 0.231 e. The molecule has 0 saturated carbocycles. The van der Waals surface area contributed by atoms with E-state index >= 15 is 0 Å². The van der Waals surface area contributed by atoms with Crippen molar-refractivity contribution in [2.75, 3.05) is 33.5 Å². The quantitative estimate of drug-likeness (QED) is 0.901. The number of carbonyl (C=O) groups is 1. The molecule has 1 aromatic carbocycles. The van der Waals surface area contributed by atoms with E-state index in [9.17, 15) is 4.79 Å². The Morgan fingerprint density at radius 3 is 3.10 bits per heavy atom. The zero-order valence-electron chi connectivity index (χ0n) is 11.6. The van der Waals surface area contributed by atoms with Crippen LogP contribution in [0.15, 0.2) is 24.3 Å². The van der Waals surface area contributed by atoms with E-state index in [-0.39, 0.29) is 11.9 Å². The van der Waals surface area contributed by atoms with Gasteiger partial charge in [-0.3, -0.25) is 4.79 Å². The van der Waals surface area contributed by atoms with Crippen LogP contribution in [0.1, 0.15) is 18.0 Å². The highest BCUT2D eigenvalue weighted by atomic mass is 16.5. The minimum atomic E-state index is -0.563. The van der Waals surface area contributed by atoms with E-state index in [4.69, 9.17) is 14.2 Å². The number of hydrogen-bond donors (Lipinski definition) is 1. The molecule has 3 rings (SSSR count). The Morgan fingerprint density at radius 1 is 1.50 bits per heavy atom. The monoisotopic (exact) mass is 277 g/mol. The van der Waals surface area contributed by atoms with Gasteiger partial charge in [0.25, 0.3) is 0 Å². The molecular formula is C15H19NO4. The van der Waals surface area contributed by atoms with Gasteiger partial charge in [-0.05, 0) is 12.5 Å². The summed E-state index contributed by atoms with van der Waals surface area (Å²) < 4.78 is 16.2. The van der Waals surface area contributed by atoms with Crippen molar-refractivity contribution in [1.82, 2.24) is 5.32 Å². The fourth-order valence-electron chi connectivity index (χ4n) is 2.84. The van der Waals surface area contributed by atoms with Gasteiger partial charge in [0.15, 0.2) is 0 Å². The van der Waals surface area contributed by atoms with Gasteiger partial charge in [0.2, 0.25) is 5.91 Å². The number of fused-ring (bicyclic) bond motifs is 1. The number of para-hydroxylation sites is 1. The first-order chi connectivity index (χ1) is 9.75. The molecule has 0 aromatic heterocycles. The number of methoxy groups -OCH3 is 1. The van der Waals surface area contributed by atoms with Gasteiger partial charge >= 0.3 is 0 Å². The lowest BCUT2D eigenvalue weighted by Gasteiger charge is -2.26. The van der Waals surface area contributed by atoms with Gasteiger partial charge < -0.3 is 19.5 Å². The number of ether oxygens (including phenoxy) is 3. The summed E-state index contributed by atoms with van der Waals surface area (Å²) in [6, 6.07) is 7.70. The summed E-state index contributed by atoms with van der Waals surface area (Å²) in [4.78, 5) is 12.6. The number of nitrogens with one attached hydrogen (secondary N) is 1. The van der Waals surface area contributed by atoms with Crippen molar-refractivity contribution < 1.29 is 19.0 Å². The second-order valence-electron chi connectivity index (χ2n) is 5.39. The lowest BCUT2D eigenvalue weighted by molar-refractivity contribution is -0.135. The Bertz CT molecular complexity index is 496. The highest BCUT2D eigenvalue weighted by molar-refractivity contribution is 5.84. The summed E-state index contributed by atoms with van der Waals surface area (Å²) in [7, 11) is 1.61. The molecule has 2 aliphatic rings. The molecule has 0 aliphatic carbocycles. The Hall–Kier alpha value is -1.59. The third-order valence-corrected chi connectivity index (χ3v) is 4.01. The number of amides is 1. The summed E-state index contributed by atoms with van der Waals surface area (Å²) in [6.07, 6.45) is 0.696. The summed E-state index contributed by atoms with van der Waals surface area (Å²) in [5.74, 6) is 0.836. The molecule has 20 heavy (non-hydrogen) atoms. The highest BCUT2D eigenvalue weighted by Gasteiger charge is 2.43. The standard InChI is InChI=1S/C15H19NO4/c1-18-9-15(6-7-19-10-15)14(17)16-12-8-20-13-5-3-2-4-11(12)13/h2-5,12H,6-10H2,1H3,(H,16,17)/t12-,15-/m0/s1. The number of carbonyl (C=O) groups excluding carboxylic acids is 1. The van der Waals surface area contributed by atoms with Crippen molar-refractivity contribution in [2.24, 2.45) is 5.41 Å². The van der Waals surface area contributed by atoms with Crippen LogP contribution in [0, 0.1) is 5.41 Å². The molecule has 1 amide bonds. The second-order valence-corrected chi connectivity index (χ2v) is 5.39. The SMILES string of the molecule is COC[C@@]1(C(=O)N[C@H]2COc3ccccc32)CCOC1. The Labute approximate surface area is 118 Å². The van der Waals surface area contributed by atoms with Gasteiger partial charge in [-0.2, -0.15) is 0 Å². The summed E-state index contributed by atoms with van der Waals surface area (Å²) >= 11 is 0. The number of benzene rings is 1. The van der Waals surface area contributed by atoms with E-state index in [0.717, 1.165) is 11.3 Å². The fourth-order valence-corrected chi connectivity index (χ4v) is 2.84. The summed E-state index contributed by atoms with van der Waals surface area (Å²) in [5, 5.41) is 3.08.